The van der Waals surface area contributed by atoms with Gasteiger partial charge in [-0.1, -0.05) is 89.2 Å². The summed E-state index contributed by atoms with van der Waals surface area (Å²) in [4.78, 5) is 90.7. The second-order valence-electron chi connectivity index (χ2n) is 12.1. The van der Waals surface area contributed by atoms with Crippen molar-refractivity contribution >= 4 is 47.5 Å². The molecule has 0 aromatic rings. The Morgan fingerprint density at radius 1 is 0.453 bits per heavy atom. The van der Waals surface area contributed by atoms with Gasteiger partial charge in [-0.05, 0) is 25.7 Å². The molecule has 2 atom stereocenters. The molecule has 0 aromatic heterocycles. The smallest absolute Gasteiger partial charge is 0.328 e. The number of aliphatic carboxylic acids is 4. The van der Waals surface area contributed by atoms with E-state index < -0.39 is 35.7 Å². The van der Waals surface area contributed by atoms with Gasteiger partial charge in [-0.15, -0.1) is 0 Å². The summed E-state index contributed by atoms with van der Waals surface area (Å²) >= 11 is 0. The molecule has 0 aliphatic carbocycles. The first kappa shape index (κ1) is 54.3. The van der Waals surface area contributed by atoms with Gasteiger partial charge in [-0.2, -0.15) is 0 Å². The fourth-order valence-electron chi connectivity index (χ4n) is 5.34. The number of hydrogen-bond acceptors (Lipinski definition) is 8. The number of rotatable bonds is 26. The van der Waals surface area contributed by atoms with Crippen molar-refractivity contribution in [3.8, 4) is 0 Å². The summed E-state index contributed by atoms with van der Waals surface area (Å²) in [5, 5.41) is 35.1. The van der Waals surface area contributed by atoms with Crippen LogP contribution in [0.4, 0.5) is 0 Å². The van der Waals surface area contributed by atoms with Crippen LogP contribution in [0.25, 0.3) is 0 Å². The zero-order chi connectivity index (χ0) is 37.3. The van der Waals surface area contributed by atoms with Crippen molar-refractivity contribution in [2.24, 2.45) is 11.8 Å². The molecular weight excluding hydrogens is 849 g/mol. The summed E-state index contributed by atoms with van der Waals surface area (Å²) in [6.45, 7) is 0.918. The van der Waals surface area contributed by atoms with Gasteiger partial charge in [-0.3, -0.25) is 38.6 Å². The van der Waals surface area contributed by atoms with E-state index >= 15 is 0 Å². The minimum atomic E-state index is -1.14. The van der Waals surface area contributed by atoms with Crippen LogP contribution in [-0.2, 0) is 96.8 Å². The largest absolute Gasteiger partial charge is 0.481 e. The Labute approximate surface area is 348 Å². The van der Waals surface area contributed by atoms with Gasteiger partial charge in [0.25, 0.3) is 23.6 Å². The molecule has 0 saturated heterocycles. The first-order valence-electron chi connectivity index (χ1n) is 17.2. The van der Waals surface area contributed by atoms with Crippen molar-refractivity contribution in [3.63, 3.8) is 0 Å². The predicted molar refractivity (Wildman–Crippen MR) is 181 cm³/mol. The molecule has 2 aliphatic rings. The summed E-state index contributed by atoms with van der Waals surface area (Å²) in [5.74, 6) is -6.75. The van der Waals surface area contributed by atoms with Crippen molar-refractivity contribution in [3.05, 3.63) is 48.6 Å². The number of carboxylic acids is 4. The van der Waals surface area contributed by atoms with Crippen LogP contribution < -0.4 is 0 Å². The minimum Gasteiger partial charge on any atom is -0.481 e. The Morgan fingerprint density at radius 2 is 0.698 bits per heavy atom. The predicted octanol–water partition coefficient (Wildman–Crippen LogP) is 4.74. The Kier molecular flexibility index (Phi) is 33.2. The van der Waals surface area contributed by atoms with Crippen molar-refractivity contribution in [2.75, 3.05) is 13.1 Å². The third-order valence-corrected chi connectivity index (χ3v) is 8.17. The Bertz CT molecular complexity index is 1180. The molecule has 282 valence electrons. The second-order valence-corrected chi connectivity index (χ2v) is 12.1. The van der Waals surface area contributed by atoms with Gasteiger partial charge in [0.05, 0.1) is 11.8 Å². The van der Waals surface area contributed by atoms with E-state index in [2.05, 4.69) is 0 Å². The van der Waals surface area contributed by atoms with Gasteiger partial charge >= 0.3 is 23.9 Å². The zero-order valence-corrected chi connectivity index (χ0v) is 39.5. The van der Waals surface area contributed by atoms with Gasteiger partial charge in [0, 0.05) is 108 Å². The fraction of sp³-hybridized carbons (Fsp3) is 0.556. The number of carboxylic acid groups (broad SMARTS) is 4. The number of hydrogen-bond donors (Lipinski definition) is 4. The summed E-state index contributed by atoms with van der Waals surface area (Å²) in [6.07, 6.45) is 23.0. The molecule has 0 aromatic carbocycles. The van der Waals surface area contributed by atoms with E-state index in [9.17, 15) is 38.4 Å². The Balaban J connectivity index is -0.000000893. The van der Waals surface area contributed by atoms with E-state index in [1.54, 1.807) is 0 Å². The van der Waals surface area contributed by atoms with Crippen LogP contribution in [-0.4, -0.2) is 90.8 Å². The molecule has 53 heavy (non-hydrogen) atoms. The van der Waals surface area contributed by atoms with E-state index in [0.29, 0.717) is 25.9 Å². The van der Waals surface area contributed by atoms with Crippen molar-refractivity contribution in [2.45, 2.75) is 103 Å². The molecule has 2 rings (SSSR count). The van der Waals surface area contributed by atoms with Crippen LogP contribution in [0.15, 0.2) is 48.6 Å². The number of carbonyl (C=O) groups excluding carboxylic acids is 4. The van der Waals surface area contributed by atoms with Crippen LogP contribution in [0.1, 0.15) is 103 Å². The van der Waals surface area contributed by atoms with Crippen molar-refractivity contribution in [1.82, 2.24) is 9.80 Å². The molecule has 17 heteroatoms. The summed E-state index contributed by atoms with van der Waals surface area (Å²) in [6, 6.07) is 0. The van der Waals surface area contributed by atoms with E-state index in [4.69, 9.17) is 20.4 Å². The maximum Gasteiger partial charge on any atom is 0.328 e. The molecule has 2 heterocycles. The van der Waals surface area contributed by atoms with E-state index in [-0.39, 0.29) is 82.1 Å². The number of unbranched alkanes of at least 4 members (excludes halogenated alkanes) is 12. The molecule has 0 radical (unpaired) electrons. The number of amides is 4. The molecule has 2 aliphatic heterocycles. The monoisotopic (exact) mass is 894 g/mol. The first-order valence-corrected chi connectivity index (χ1v) is 17.2. The SMILES string of the molecule is O=C(O)C=CC(CCCCCCCCCN1C(=O)C=CC1=O)C(=O)O.O=C(O)C=CC(CCCCCCCCCN1C(=O)C=CC1=O)C(=O)O.[Zn].[Zn].[Zn]. The van der Waals surface area contributed by atoms with Crippen LogP contribution in [0.5, 0.6) is 0 Å². The molecule has 0 saturated carbocycles. The van der Waals surface area contributed by atoms with Crippen LogP contribution in [0.3, 0.4) is 0 Å². The summed E-state index contributed by atoms with van der Waals surface area (Å²) in [7, 11) is 0. The van der Waals surface area contributed by atoms with E-state index in [1.807, 2.05) is 0 Å². The van der Waals surface area contributed by atoms with Gasteiger partial charge in [0.1, 0.15) is 0 Å². The van der Waals surface area contributed by atoms with Gasteiger partial charge in [0.15, 0.2) is 0 Å². The van der Waals surface area contributed by atoms with Gasteiger partial charge in [0.2, 0.25) is 0 Å². The molecule has 14 nitrogen and oxygen atoms in total. The summed E-state index contributed by atoms with van der Waals surface area (Å²) in [5.41, 5.74) is 0. The van der Waals surface area contributed by atoms with Crippen LogP contribution in [0.2, 0.25) is 0 Å². The van der Waals surface area contributed by atoms with E-state index in [0.717, 1.165) is 102 Å². The summed E-state index contributed by atoms with van der Waals surface area (Å²) < 4.78 is 0. The maximum absolute atomic E-state index is 11.3. The van der Waals surface area contributed by atoms with Crippen LogP contribution >= 0.6 is 0 Å². The molecular formula is C36H50N2O12Zn3. The second kappa shape index (κ2) is 32.4. The maximum atomic E-state index is 11.3. The number of imide groups is 2. The molecule has 4 N–H and O–H groups in total. The number of nitrogens with zero attached hydrogens (tertiary/aromatic N) is 2. The normalized spacial score (nSPS) is 14.4. The molecule has 0 bridgehead atoms. The van der Waals surface area contributed by atoms with E-state index in [1.165, 1.54) is 46.3 Å². The third-order valence-electron chi connectivity index (χ3n) is 8.17. The quantitative estimate of drug-likeness (QED) is 0.0400. The molecule has 2 unspecified atom stereocenters. The standard InChI is InChI=1S/2C18H25NO6.3Zn/c2*20-15-10-11-16(21)19(15)13-7-5-3-1-2-4-6-8-14(18(24)25)9-12-17(22)23;;;/h2*9-12,14H,1-8,13H2,(H,22,23)(H,24,25);;;. The topological polar surface area (TPSA) is 224 Å². The van der Waals surface area contributed by atoms with Crippen LogP contribution in [0, 0.1) is 11.8 Å². The fourth-order valence-corrected chi connectivity index (χ4v) is 5.34. The van der Waals surface area contributed by atoms with Crippen molar-refractivity contribution < 1.29 is 117 Å². The van der Waals surface area contributed by atoms with Gasteiger partial charge in [-0.25, -0.2) is 9.59 Å². The Morgan fingerprint density at radius 3 is 0.943 bits per heavy atom. The van der Waals surface area contributed by atoms with Crippen molar-refractivity contribution in [1.29, 1.82) is 0 Å². The first-order chi connectivity index (χ1) is 23.8. The molecule has 0 spiro atoms. The molecule has 0 fully saturated rings. The average Bonchev–Trinajstić information content (AvgIpc) is 3.55. The Hall–Kier alpha value is -3.01. The van der Waals surface area contributed by atoms with Gasteiger partial charge < -0.3 is 20.4 Å². The third kappa shape index (κ3) is 25.6. The number of carbonyl (C=O) groups is 8. The minimum absolute atomic E-state index is 0. The average molecular weight is 899 g/mol. The zero-order valence-electron chi connectivity index (χ0n) is 30.6. The molecule has 4 amide bonds.